The summed E-state index contributed by atoms with van der Waals surface area (Å²) in [5.41, 5.74) is -0.161. The molecule has 0 spiro atoms. The van der Waals surface area contributed by atoms with Crippen molar-refractivity contribution in [2.24, 2.45) is 5.92 Å². The molecule has 0 saturated carbocycles. The van der Waals surface area contributed by atoms with Crippen LogP contribution in [0.3, 0.4) is 0 Å². The quantitative estimate of drug-likeness (QED) is 0.747. The average molecular weight is 324 g/mol. The Morgan fingerprint density at radius 1 is 1.35 bits per heavy atom. The number of aromatic nitrogens is 3. The van der Waals surface area contributed by atoms with E-state index >= 15 is 0 Å². The molecule has 130 valence electrons. The number of fused-ring (bicyclic) bond motifs is 1. The zero-order valence-corrected chi connectivity index (χ0v) is 14.5. The lowest BCUT2D eigenvalue weighted by molar-refractivity contribution is -0.133. The number of carbonyl (C=O) groups is 1. The molecule has 7 nitrogen and oxygen atoms in total. The van der Waals surface area contributed by atoms with Crippen LogP contribution in [0.5, 0.6) is 0 Å². The molecule has 2 heterocycles. The van der Waals surface area contributed by atoms with Crippen LogP contribution in [0.1, 0.15) is 38.9 Å². The highest BCUT2D eigenvalue weighted by molar-refractivity contribution is 5.75. The van der Waals surface area contributed by atoms with E-state index < -0.39 is 0 Å². The molecule has 0 atom stereocenters. The van der Waals surface area contributed by atoms with Crippen molar-refractivity contribution in [2.75, 3.05) is 26.8 Å². The van der Waals surface area contributed by atoms with Crippen LogP contribution >= 0.6 is 0 Å². The topological polar surface area (TPSA) is 69.4 Å². The molecule has 2 rings (SSSR count). The minimum absolute atomic E-state index is 0.00919. The first-order chi connectivity index (χ1) is 11.0. The number of methoxy groups -OCH3 is 1. The Hall–Kier alpha value is -1.63. The van der Waals surface area contributed by atoms with Crippen molar-refractivity contribution in [2.45, 2.75) is 52.6 Å². The monoisotopic (exact) mass is 324 g/mol. The number of ether oxygens (including phenoxy) is 1. The van der Waals surface area contributed by atoms with Crippen LogP contribution in [0.4, 0.5) is 0 Å². The van der Waals surface area contributed by atoms with Crippen molar-refractivity contribution >= 4 is 5.91 Å². The fourth-order valence-electron chi connectivity index (χ4n) is 2.92. The van der Waals surface area contributed by atoms with E-state index in [1.165, 1.54) is 4.68 Å². The molecule has 1 aliphatic heterocycles. The number of carbonyl (C=O) groups excluding carboxylic acids is 1. The van der Waals surface area contributed by atoms with Crippen LogP contribution in [0.15, 0.2) is 4.79 Å². The van der Waals surface area contributed by atoms with E-state index in [0.717, 1.165) is 31.5 Å². The molecule has 0 radical (unpaired) electrons. The van der Waals surface area contributed by atoms with Gasteiger partial charge in [-0.15, -0.1) is 0 Å². The summed E-state index contributed by atoms with van der Waals surface area (Å²) in [6.07, 6.45) is 3.99. The van der Waals surface area contributed by atoms with Gasteiger partial charge >= 0.3 is 5.69 Å². The van der Waals surface area contributed by atoms with Gasteiger partial charge in [0, 0.05) is 33.2 Å². The van der Waals surface area contributed by atoms with Crippen LogP contribution in [0.2, 0.25) is 0 Å². The van der Waals surface area contributed by atoms with Crippen LogP contribution in [0, 0.1) is 5.92 Å². The van der Waals surface area contributed by atoms with Gasteiger partial charge in [0.1, 0.15) is 12.4 Å². The molecule has 7 heteroatoms. The van der Waals surface area contributed by atoms with Crippen LogP contribution in [0.25, 0.3) is 0 Å². The van der Waals surface area contributed by atoms with Gasteiger partial charge in [0.25, 0.3) is 0 Å². The molecular formula is C16H28N4O3. The first kappa shape index (κ1) is 17.7. The third-order valence-corrected chi connectivity index (χ3v) is 4.07. The van der Waals surface area contributed by atoms with Crippen LogP contribution in [-0.2, 0) is 29.0 Å². The number of hydrogen-bond donors (Lipinski definition) is 0. The Morgan fingerprint density at radius 2 is 2.13 bits per heavy atom. The highest BCUT2D eigenvalue weighted by Gasteiger charge is 2.20. The third-order valence-electron chi connectivity index (χ3n) is 4.07. The minimum atomic E-state index is -0.161. The van der Waals surface area contributed by atoms with E-state index in [1.807, 2.05) is 0 Å². The van der Waals surface area contributed by atoms with Crippen molar-refractivity contribution in [3.05, 3.63) is 16.3 Å². The smallest absolute Gasteiger partial charge is 0.346 e. The van der Waals surface area contributed by atoms with Gasteiger partial charge in [-0.1, -0.05) is 20.3 Å². The Labute approximate surface area is 137 Å². The second-order valence-corrected chi connectivity index (χ2v) is 6.55. The minimum Gasteiger partial charge on any atom is -0.383 e. The second kappa shape index (κ2) is 8.29. The molecule has 1 aromatic heterocycles. The summed E-state index contributed by atoms with van der Waals surface area (Å²) in [7, 11) is 1.62. The van der Waals surface area contributed by atoms with Gasteiger partial charge in [-0.05, 0) is 18.8 Å². The van der Waals surface area contributed by atoms with Gasteiger partial charge in [-0.25, -0.2) is 9.48 Å². The van der Waals surface area contributed by atoms with E-state index in [-0.39, 0.29) is 18.1 Å². The standard InChI is InChI=1S/C16H28N4O3/c1-13(2)11-18(9-10-23-3)15(21)12-20-16(22)19-8-6-4-5-7-14(19)17-20/h13H,4-12H2,1-3H3. The molecule has 1 aliphatic rings. The maximum atomic E-state index is 12.5. The van der Waals surface area contributed by atoms with Gasteiger partial charge in [0.15, 0.2) is 0 Å². The molecule has 0 saturated heterocycles. The summed E-state index contributed by atoms with van der Waals surface area (Å²) >= 11 is 0. The predicted octanol–water partition coefficient (Wildman–Crippen LogP) is 0.902. The van der Waals surface area contributed by atoms with E-state index in [4.69, 9.17) is 4.74 Å². The van der Waals surface area contributed by atoms with Crippen molar-refractivity contribution in [1.29, 1.82) is 0 Å². The molecule has 0 fully saturated rings. The molecule has 0 unspecified atom stereocenters. The zero-order valence-electron chi connectivity index (χ0n) is 14.5. The number of aryl methyl sites for hydroxylation is 1. The van der Waals surface area contributed by atoms with Gasteiger partial charge in [-0.2, -0.15) is 5.10 Å². The second-order valence-electron chi connectivity index (χ2n) is 6.55. The van der Waals surface area contributed by atoms with E-state index in [0.29, 0.717) is 32.2 Å². The van der Waals surface area contributed by atoms with E-state index in [9.17, 15) is 9.59 Å². The maximum absolute atomic E-state index is 12.5. The molecular weight excluding hydrogens is 296 g/mol. The van der Waals surface area contributed by atoms with Gasteiger partial charge < -0.3 is 9.64 Å². The summed E-state index contributed by atoms with van der Waals surface area (Å²) in [5.74, 6) is 1.10. The van der Waals surface area contributed by atoms with E-state index in [2.05, 4.69) is 18.9 Å². The predicted molar refractivity (Wildman–Crippen MR) is 87.3 cm³/mol. The number of nitrogens with zero attached hydrogens (tertiary/aromatic N) is 4. The van der Waals surface area contributed by atoms with Crippen molar-refractivity contribution < 1.29 is 9.53 Å². The Morgan fingerprint density at radius 3 is 2.83 bits per heavy atom. The fraction of sp³-hybridized carbons (Fsp3) is 0.812. The maximum Gasteiger partial charge on any atom is 0.346 e. The van der Waals surface area contributed by atoms with Gasteiger partial charge in [0.05, 0.1) is 6.61 Å². The highest BCUT2D eigenvalue weighted by Crippen LogP contribution is 2.10. The first-order valence-electron chi connectivity index (χ1n) is 8.46. The Kier molecular flexibility index (Phi) is 6.38. The lowest BCUT2D eigenvalue weighted by Crippen LogP contribution is -2.40. The van der Waals surface area contributed by atoms with Crippen molar-refractivity contribution in [1.82, 2.24) is 19.2 Å². The first-order valence-corrected chi connectivity index (χ1v) is 8.46. The zero-order chi connectivity index (χ0) is 16.8. The van der Waals surface area contributed by atoms with Crippen molar-refractivity contribution in [3.8, 4) is 0 Å². The Bertz CT molecular complexity index is 576. The number of amides is 1. The van der Waals surface area contributed by atoms with Crippen molar-refractivity contribution in [3.63, 3.8) is 0 Å². The summed E-state index contributed by atoms with van der Waals surface area (Å²) < 4.78 is 8.12. The molecule has 1 amide bonds. The Balaban J connectivity index is 2.10. The normalized spacial score (nSPS) is 14.6. The van der Waals surface area contributed by atoms with Gasteiger partial charge in [-0.3, -0.25) is 9.36 Å². The lowest BCUT2D eigenvalue weighted by Gasteiger charge is -2.24. The van der Waals surface area contributed by atoms with Crippen LogP contribution in [-0.4, -0.2) is 52.0 Å². The van der Waals surface area contributed by atoms with Crippen LogP contribution < -0.4 is 5.69 Å². The molecule has 23 heavy (non-hydrogen) atoms. The third kappa shape index (κ3) is 4.67. The molecule has 0 N–H and O–H groups in total. The number of rotatable bonds is 7. The average Bonchev–Trinajstić information content (AvgIpc) is 2.68. The fourth-order valence-corrected chi connectivity index (χ4v) is 2.92. The number of hydrogen-bond acceptors (Lipinski definition) is 4. The lowest BCUT2D eigenvalue weighted by atomic mass is 10.2. The molecule has 1 aromatic rings. The SMILES string of the molecule is COCCN(CC(C)C)C(=O)Cn1nc2n(c1=O)CCCCC2. The molecule has 0 aliphatic carbocycles. The molecule has 0 bridgehead atoms. The summed E-state index contributed by atoms with van der Waals surface area (Å²) in [4.78, 5) is 26.7. The van der Waals surface area contributed by atoms with Gasteiger partial charge in [0.2, 0.25) is 5.91 Å². The summed E-state index contributed by atoms with van der Waals surface area (Å²) in [6.45, 7) is 6.54. The summed E-state index contributed by atoms with van der Waals surface area (Å²) in [6, 6.07) is 0. The van der Waals surface area contributed by atoms with E-state index in [1.54, 1.807) is 16.6 Å². The molecule has 0 aromatic carbocycles. The highest BCUT2D eigenvalue weighted by atomic mass is 16.5. The largest absolute Gasteiger partial charge is 0.383 e. The summed E-state index contributed by atoms with van der Waals surface area (Å²) in [5, 5.41) is 4.38.